The summed E-state index contributed by atoms with van der Waals surface area (Å²) in [5.74, 6) is 0.545. The second-order valence-corrected chi connectivity index (χ2v) is 9.24. The van der Waals surface area contributed by atoms with Gasteiger partial charge in [0.2, 0.25) is 11.8 Å². The highest BCUT2D eigenvalue weighted by molar-refractivity contribution is 6.30. The molecule has 1 atom stereocenters. The molecule has 0 radical (unpaired) electrons. The summed E-state index contributed by atoms with van der Waals surface area (Å²) in [6.45, 7) is 4.12. The molecule has 0 aliphatic heterocycles. The number of aromatic nitrogens is 3. The maximum absolute atomic E-state index is 11.6. The lowest BCUT2D eigenvalue weighted by atomic mass is 9.90. The zero-order valence-electron chi connectivity index (χ0n) is 21.3. The van der Waals surface area contributed by atoms with Gasteiger partial charge in [-0.3, -0.25) is 0 Å². The summed E-state index contributed by atoms with van der Waals surface area (Å²) >= 11 is 5.97. The Kier molecular flexibility index (Phi) is 8.18. The van der Waals surface area contributed by atoms with Crippen LogP contribution in [0.15, 0.2) is 46.9 Å². The van der Waals surface area contributed by atoms with E-state index in [2.05, 4.69) is 22.1 Å². The fourth-order valence-corrected chi connectivity index (χ4v) is 4.45. The third kappa shape index (κ3) is 5.49. The van der Waals surface area contributed by atoms with E-state index in [-0.39, 0.29) is 23.1 Å². The number of nitrogens with zero attached hydrogens (tertiary/aromatic N) is 3. The van der Waals surface area contributed by atoms with Crippen LogP contribution in [0.3, 0.4) is 0 Å². The summed E-state index contributed by atoms with van der Waals surface area (Å²) in [5, 5.41) is 31.5. The minimum absolute atomic E-state index is 0.0469. The average Bonchev–Trinajstić information content (AvgIpc) is 3.35. The van der Waals surface area contributed by atoms with Gasteiger partial charge in [-0.05, 0) is 42.2 Å². The number of hydrogen-bond donors (Lipinski definition) is 2. The number of aromatic hydroxyl groups is 2. The summed E-state index contributed by atoms with van der Waals surface area (Å²) in [5.41, 5.74) is 2.31. The van der Waals surface area contributed by atoms with Gasteiger partial charge in [-0.25, -0.2) is 4.98 Å². The van der Waals surface area contributed by atoms with Crippen molar-refractivity contribution in [2.45, 2.75) is 45.4 Å². The van der Waals surface area contributed by atoms with Crippen LogP contribution in [-0.4, -0.2) is 39.6 Å². The van der Waals surface area contributed by atoms with E-state index in [0.29, 0.717) is 45.7 Å². The summed E-state index contributed by atoms with van der Waals surface area (Å²) < 4.78 is 17.1. The van der Waals surface area contributed by atoms with Crippen LogP contribution in [0.1, 0.15) is 56.2 Å². The normalized spacial score (nSPS) is 11.9. The predicted molar refractivity (Wildman–Crippen MR) is 142 cm³/mol. The van der Waals surface area contributed by atoms with E-state index < -0.39 is 5.88 Å². The molecule has 0 saturated carbocycles. The molecule has 1 unspecified atom stereocenters. The van der Waals surface area contributed by atoms with E-state index in [4.69, 9.17) is 25.5 Å². The van der Waals surface area contributed by atoms with Crippen molar-refractivity contribution >= 4 is 11.6 Å². The highest BCUT2D eigenvalue weighted by Gasteiger charge is 2.30. The Morgan fingerprint density at radius 2 is 1.62 bits per heavy atom. The SMILES string of the molecule is CCCCC(C)c1nc(O)c(-c2nnc(Cc3ccc(Cl)cc3)o2)c(O)c1-c1c(OC)cccc1OC. The van der Waals surface area contributed by atoms with Crippen molar-refractivity contribution < 1.29 is 24.1 Å². The Morgan fingerprint density at radius 3 is 2.24 bits per heavy atom. The fourth-order valence-electron chi connectivity index (χ4n) is 4.33. The van der Waals surface area contributed by atoms with Crippen LogP contribution in [0.2, 0.25) is 5.02 Å². The zero-order valence-corrected chi connectivity index (χ0v) is 22.0. The fraction of sp³-hybridized carbons (Fsp3) is 0.321. The first kappa shape index (κ1) is 26.3. The molecule has 4 aromatic rings. The maximum Gasteiger partial charge on any atom is 0.257 e. The van der Waals surface area contributed by atoms with Gasteiger partial charge in [0.05, 0.1) is 37.5 Å². The molecule has 9 heteroatoms. The van der Waals surface area contributed by atoms with Crippen LogP contribution in [0.4, 0.5) is 0 Å². The summed E-state index contributed by atoms with van der Waals surface area (Å²) in [4.78, 5) is 4.54. The van der Waals surface area contributed by atoms with Gasteiger partial charge >= 0.3 is 0 Å². The van der Waals surface area contributed by atoms with E-state index >= 15 is 0 Å². The number of pyridine rings is 1. The van der Waals surface area contributed by atoms with E-state index in [9.17, 15) is 10.2 Å². The predicted octanol–water partition coefficient (Wildman–Crippen LogP) is 6.76. The molecule has 0 spiro atoms. The molecule has 194 valence electrons. The minimum atomic E-state index is -0.393. The van der Waals surface area contributed by atoms with Gasteiger partial charge < -0.3 is 24.1 Å². The van der Waals surface area contributed by atoms with E-state index in [1.165, 1.54) is 0 Å². The van der Waals surface area contributed by atoms with Crippen molar-refractivity contribution in [2.75, 3.05) is 14.2 Å². The lowest BCUT2D eigenvalue weighted by Gasteiger charge is -2.21. The van der Waals surface area contributed by atoms with Crippen LogP contribution >= 0.6 is 11.6 Å². The summed E-state index contributed by atoms with van der Waals surface area (Å²) in [6, 6.07) is 12.6. The molecule has 0 aliphatic rings. The molecule has 37 heavy (non-hydrogen) atoms. The molecule has 0 amide bonds. The molecular weight excluding hydrogens is 494 g/mol. The summed E-state index contributed by atoms with van der Waals surface area (Å²) in [7, 11) is 3.09. The van der Waals surface area contributed by atoms with Crippen molar-refractivity contribution in [2.24, 2.45) is 0 Å². The maximum atomic E-state index is 11.6. The molecular formula is C28H30ClN3O5. The smallest absolute Gasteiger partial charge is 0.257 e. The molecule has 2 N–H and O–H groups in total. The van der Waals surface area contributed by atoms with E-state index in [1.807, 2.05) is 19.1 Å². The number of ether oxygens (including phenoxy) is 2. The number of rotatable bonds is 10. The lowest BCUT2D eigenvalue weighted by molar-refractivity contribution is 0.395. The molecule has 2 aromatic heterocycles. The van der Waals surface area contributed by atoms with Gasteiger partial charge in [-0.1, -0.05) is 56.5 Å². The van der Waals surface area contributed by atoms with E-state index in [0.717, 1.165) is 24.8 Å². The molecule has 0 aliphatic carbocycles. The Balaban J connectivity index is 1.87. The second-order valence-electron chi connectivity index (χ2n) is 8.80. The van der Waals surface area contributed by atoms with Gasteiger partial charge in [-0.15, -0.1) is 10.2 Å². The number of methoxy groups -OCH3 is 2. The third-order valence-electron chi connectivity index (χ3n) is 6.26. The van der Waals surface area contributed by atoms with E-state index in [1.54, 1.807) is 44.6 Å². The Bertz CT molecular complexity index is 1350. The Labute approximate surface area is 220 Å². The van der Waals surface area contributed by atoms with Gasteiger partial charge in [0.15, 0.2) is 0 Å². The topological polar surface area (TPSA) is 111 Å². The first-order chi connectivity index (χ1) is 17.9. The Morgan fingerprint density at radius 1 is 0.946 bits per heavy atom. The number of hydrogen-bond acceptors (Lipinski definition) is 8. The molecule has 4 rings (SSSR count). The number of unbranched alkanes of at least 4 members (excludes halogenated alkanes) is 1. The molecule has 8 nitrogen and oxygen atoms in total. The van der Waals surface area contributed by atoms with Crippen molar-refractivity contribution in [1.29, 1.82) is 0 Å². The molecule has 2 aromatic carbocycles. The Hall–Kier alpha value is -3.78. The summed E-state index contributed by atoms with van der Waals surface area (Å²) in [6.07, 6.45) is 3.15. The molecule has 0 bridgehead atoms. The van der Waals surface area contributed by atoms with Crippen LogP contribution in [0, 0.1) is 0 Å². The van der Waals surface area contributed by atoms with Gasteiger partial charge in [0.1, 0.15) is 22.8 Å². The molecule has 2 heterocycles. The van der Waals surface area contributed by atoms with Crippen LogP contribution < -0.4 is 9.47 Å². The lowest BCUT2D eigenvalue weighted by Crippen LogP contribution is -2.05. The highest BCUT2D eigenvalue weighted by atomic mass is 35.5. The molecule has 0 saturated heterocycles. The second kappa shape index (κ2) is 11.5. The minimum Gasteiger partial charge on any atom is -0.506 e. The standard InChI is InChI=1S/C28H30ClN3O5/c1-5-6-8-16(2)25-23(22-19(35-3)9-7-10-20(22)36-4)26(33)24(27(34)30-25)28-32-31-21(37-28)15-17-11-13-18(29)14-12-17/h7,9-14,16H,5-6,8,15H2,1-4H3,(H2,30,33,34). The number of halogens is 1. The van der Waals surface area contributed by atoms with Crippen LogP contribution in [0.25, 0.3) is 22.6 Å². The number of benzene rings is 2. The average molecular weight is 524 g/mol. The van der Waals surface area contributed by atoms with Crippen LogP contribution in [0.5, 0.6) is 23.1 Å². The van der Waals surface area contributed by atoms with Crippen molar-refractivity contribution in [1.82, 2.24) is 15.2 Å². The van der Waals surface area contributed by atoms with Crippen LogP contribution in [-0.2, 0) is 6.42 Å². The zero-order chi connectivity index (χ0) is 26.5. The largest absolute Gasteiger partial charge is 0.506 e. The van der Waals surface area contributed by atoms with Gasteiger partial charge in [0, 0.05) is 5.02 Å². The monoisotopic (exact) mass is 523 g/mol. The van der Waals surface area contributed by atoms with Gasteiger partial charge in [-0.2, -0.15) is 0 Å². The first-order valence-electron chi connectivity index (χ1n) is 12.1. The van der Waals surface area contributed by atoms with Crippen molar-refractivity contribution in [3.63, 3.8) is 0 Å². The first-order valence-corrected chi connectivity index (χ1v) is 12.5. The third-order valence-corrected chi connectivity index (χ3v) is 6.52. The van der Waals surface area contributed by atoms with Gasteiger partial charge in [0.25, 0.3) is 5.89 Å². The molecule has 0 fully saturated rings. The van der Waals surface area contributed by atoms with Crippen molar-refractivity contribution in [3.8, 4) is 45.7 Å². The highest BCUT2D eigenvalue weighted by Crippen LogP contribution is 2.51. The van der Waals surface area contributed by atoms with Crippen molar-refractivity contribution in [3.05, 3.63) is 64.6 Å². The quantitative estimate of drug-likeness (QED) is 0.234.